The number of allylic oxidation sites excluding steroid dienone is 1. The molecular formula is C21H22FN3O3. The molecule has 1 aromatic heterocycles. The van der Waals surface area contributed by atoms with Crippen LogP contribution in [0.15, 0.2) is 60.5 Å². The molecule has 6 nitrogen and oxygen atoms in total. The number of aldehydes is 1. The van der Waals surface area contributed by atoms with Gasteiger partial charge in [0.05, 0.1) is 12.7 Å². The molecule has 0 aliphatic carbocycles. The number of benzene rings is 1. The van der Waals surface area contributed by atoms with Crippen LogP contribution >= 0.6 is 0 Å². The van der Waals surface area contributed by atoms with Crippen LogP contribution in [0.25, 0.3) is 0 Å². The van der Waals surface area contributed by atoms with Gasteiger partial charge in [0.2, 0.25) is 0 Å². The van der Waals surface area contributed by atoms with E-state index in [2.05, 4.69) is 10.3 Å². The van der Waals surface area contributed by atoms with E-state index in [1.54, 1.807) is 49.6 Å². The lowest BCUT2D eigenvalue weighted by molar-refractivity contribution is -0.112. The number of methoxy groups -OCH3 is 1. The number of ether oxygens (including phenoxy) is 1. The Hall–Kier alpha value is -3.48. The average molecular weight is 383 g/mol. The minimum Gasteiger partial charge on any atom is -0.494 e. The zero-order chi connectivity index (χ0) is 20.5. The fraction of sp³-hybridized carbons (Fsp3) is 0.190. The number of carbonyl (C=O) groups is 2. The smallest absolute Gasteiger partial charge is 0.258 e. The maximum Gasteiger partial charge on any atom is 0.258 e. The highest BCUT2D eigenvalue weighted by Crippen LogP contribution is 2.20. The summed E-state index contributed by atoms with van der Waals surface area (Å²) in [5.74, 6) is -0.213. The Morgan fingerprint density at radius 3 is 2.61 bits per heavy atom. The normalized spacial score (nSPS) is 11.4. The number of hydrogen-bond acceptors (Lipinski definition) is 5. The summed E-state index contributed by atoms with van der Waals surface area (Å²) in [6.07, 6.45) is 7.08. The highest BCUT2D eigenvalue weighted by Gasteiger charge is 2.09. The van der Waals surface area contributed by atoms with Gasteiger partial charge in [-0.25, -0.2) is 9.37 Å². The van der Waals surface area contributed by atoms with E-state index in [4.69, 9.17) is 4.74 Å². The van der Waals surface area contributed by atoms with Gasteiger partial charge in [-0.1, -0.05) is 12.1 Å². The van der Waals surface area contributed by atoms with E-state index in [9.17, 15) is 14.0 Å². The molecule has 0 saturated heterocycles. The van der Waals surface area contributed by atoms with Crippen molar-refractivity contribution in [2.75, 3.05) is 26.5 Å². The van der Waals surface area contributed by atoms with Crippen LogP contribution in [0.1, 0.15) is 11.1 Å². The van der Waals surface area contributed by atoms with E-state index in [0.717, 1.165) is 11.1 Å². The highest BCUT2D eigenvalue weighted by molar-refractivity contribution is 6.05. The molecule has 0 bridgehead atoms. The van der Waals surface area contributed by atoms with Gasteiger partial charge in [0.15, 0.2) is 11.6 Å². The van der Waals surface area contributed by atoms with Crippen molar-refractivity contribution in [1.82, 2.24) is 9.88 Å². The van der Waals surface area contributed by atoms with Gasteiger partial charge in [0.1, 0.15) is 12.1 Å². The molecule has 1 N–H and O–H groups in total. The Kier molecular flexibility index (Phi) is 7.45. The number of rotatable bonds is 8. The third-order valence-electron chi connectivity index (χ3n) is 3.70. The molecule has 0 aliphatic heterocycles. The van der Waals surface area contributed by atoms with Gasteiger partial charge in [0.25, 0.3) is 5.91 Å². The molecule has 0 aliphatic rings. The predicted molar refractivity (Wildman–Crippen MR) is 106 cm³/mol. The molecule has 7 heteroatoms. The summed E-state index contributed by atoms with van der Waals surface area (Å²) < 4.78 is 18.5. The molecule has 0 radical (unpaired) electrons. The minimum atomic E-state index is -0.410. The van der Waals surface area contributed by atoms with E-state index >= 15 is 0 Å². The standard InChI is InChI=1S/C21H22FN3O3/c1-25(2)14-17(5-4-10-26)21(27)24-20-9-7-16(13-23-20)11-15-6-8-18(22)19(12-15)28-3/h4-10,12-14H,11H2,1-3H3,(H,23,24,27)/b5-4-,17-14+. The molecule has 146 valence electrons. The number of hydrogen-bond donors (Lipinski definition) is 1. The second kappa shape index (κ2) is 10.0. The lowest BCUT2D eigenvalue weighted by Crippen LogP contribution is -2.17. The first-order valence-electron chi connectivity index (χ1n) is 8.51. The predicted octanol–water partition coefficient (Wildman–Crippen LogP) is 2.96. The Morgan fingerprint density at radius 2 is 2.00 bits per heavy atom. The topological polar surface area (TPSA) is 71.5 Å². The Labute approximate surface area is 163 Å². The van der Waals surface area contributed by atoms with Gasteiger partial charge in [-0.05, 0) is 47.9 Å². The molecule has 28 heavy (non-hydrogen) atoms. The molecule has 2 rings (SSSR count). The molecule has 0 unspecified atom stereocenters. The summed E-state index contributed by atoms with van der Waals surface area (Å²) in [6, 6.07) is 8.20. The van der Waals surface area contributed by atoms with Gasteiger partial charge in [-0.2, -0.15) is 0 Å². The summed E-state index contributed by atoms with van der Waals surface area (Å²) in [6.45, 7) is 0. The molecule has 0 spiro atoms. The highest BCUT2D eigenvalue weighted by atomic mass is 19.1. The van der Waals surface area contributed by atoms with E-state index in [1.807, 2.05) is 6.07 Å². The van der Waals surface area contributed by atoms with Gasteiger partial charge in [0, 0.05) is 26.5 Å². The summed E-state index contributed by atoms with van der Waals surface area (Å²) in [5.41, 5.74) is 2.10. The van der Waals surface area contributed by atoms with E-state index in [1.165, 1.54) is 25.3 Å². The average Bonchev–Trinajstić information content (AvgIpc) is 2.67. The number of carbonyl (C=O) groups excluding carboxylic acids is 2. The van der Waals surface area contributed by atoms with Crippen LogP contribution in [0.2, 0.25) is 0 Å². The van der Waals surface area contributed by atoms with Gasteiger partial charge >= 0.3 is 0 Å². The fourth-order valence-electron chi connectivity index (χ4n) is 2.44. The number of pyridine rings is 1. The number of amides is 1. The van der Waals surface area contributed by atoms with Crippen molar-refractivity contribution in [2.45, 2.75) is 6.42 Å². The first kappa shape index (κ1) is 20.8. The second-order valence-corrected chi connectivity index (χ2v) is 6.19. The van der Waals surface area contributed by atoms with Crippen LogP contribution in [-0.4, -0.2) is 43.3 Å². The third kappa shape index (κ3) is 6.05. The number of aromatic nitrogens is 1. The number of nitrogens with one attached hydrogen (secondary N) is 1. The third-order valence-corrected chi connectivity index (χ3v) is 3.70. The van der Waals surface area contributed by atoms with E-state index in [0.29, 0.717) is 24.1 Å². The largest absolute Gasteiger partial charge is 0.494 e. The molecule has 1 amide bonds. The number of halogens is 1. The van der Waals surface area contributed by atoms with Crippen molar-refractivity contribution in [3.8, 4) is 5.75 Å². The van der Waals surface area contributed by atoms with Crippen molar-refractivity contribution in [2.24, 2.45) is 0 Å². The van der Waals surface area contributed by atoms with Crippen molar-refractivity contribution >= 4 is 18.0 Å². The maximum absolute atomic E-state index is 13.5. The van der Waals surface area contributed by atoms with Crippen LogP contribution in [0.4, 0.5) is 10.2 Å². The van der Waals surface area contributed by atoms with Gasteiger partial charge in [-0.3, -0.25) is 9.59 Å². The summed E-state index contributed by atoms with van der Waals surface area (Å²) in [4.78, 5) is 28.8. The monoisotopic (exact) mass is 383 g/mol. The number of nitrogens with zero attached hydrogens (tertiary/aromatic N) is 2. The SMILES string of the molecule is COc1cc(Cc2ccc(NC(=O)C(/C=C\C=O)=C/N(C)C)nc2)ccc1F. The molecule has 0 fully saturated rings. The van der Waals surface area contributed by atoms with Crippen molar-refractivity contribution in [1.29, 1.82) is 0 Å². The van der Waals surface area contributed by atoms with E-state index in [-0.39, 0.29) is 11.7 Å². The molecular weight excluding hydrogens is 361 g/mol. The van der Waals surface area contributed by atoms with Crippen LogP contribution in [0.5, 0.6) is 5.75 Å². The first-order valence-corrected chi connectivity index (χ1v) is 8.51. The molecule has 0 saturated carbocycles. The first-order chi connectivity index (χ1) is 13.4. The molecule has 1 aromatic carbocycles. The summed E-state index contributed by atoms with van der Waals surface area (Å²) in [7, 11) is 4.98. The summed E-state index contributed by atoms with van der Waals surface area (Å²) >= 11 is 0. The quantitative estimate of drug-likeness (QED) is 0.431. The molecule has 1 heterocycles. The zero-order valence-corrected chi connectivity index (χ0v) is 16.0. The maximum atomic E-state index is 13.5. The Balaban J connectivity index is 2.08. The van der Waals surface area contributed by atoms with Crippen molar-refractivity contribution < 1.29 is 18.7 Å². The lowest BCUT2D eigenvalue weighted by atomic mass is 10.1. The summed E-state index contributed by atoms with van der Waals surface area (Å²) in [5, 5.41) is 2.69. The Morgan fingerprint density at radius 1 is 1.25 bits per heavy atom. The van der Waals surface area contributed by atoms with Crippen molar-refractivity contribution in [3.63, 3.8) is 0 Å². The second-order valence-electron chi connectivity index (χ2n) is 6.19. The zero-order valence-electron chi connectivity index (χ0n) is 16.0. The van der Waals surface area contributed by atoms with Crippen molar-refractivity contribution in [3.05, 3.63) is 77.4 Å². The molecule has 2 aromatic rings. The van der Waals surface area contributed by atoms with E-state index < -0.39 is 5.82 Å². The number of anilines is 1. The van der Waals surface area contributed by atoms with Gasteiger partial charge < -0.3 is 15.0 Å². The van der Waals surface area contributed by atoms with Crippen LogP contribution in [0.3, 0.4) is 0 Å². The molecule has 0 atom stereocenters. The minimum absolute atomic E-state index is 0.193. The Bertz CT molecular complexity index is 890. The van der Waals surface area contributed by atoms with Crippen LogP contribution in [-0.2, 0) is 16.0 Å². The van der Waals surface area contributed by atoms with Gasteiger partial charge in [-0.15, -0.1) is 0 Å². The van der Waals surface area contributed by atoms with Crippen LogP contribution in [0, 0.1) is 5.82 Å². The fourth-order valence-corrected chi connectivity index (χ4v) is 2.44. The lowest BCUT2D eigenvalue weighted by Gasteiger charge is -2.10. The van der Waals surface area contributed by atoms with Crippen LogP contribution < -0.4 is 10.1 Å².